The molecular formula is C62H115NO10. The summed E-state index contributed by atoms with van der Waals surface area (Å²) in [6, 6.07) is -1.03. The van der Waals surface area contributed by atoms with Gasteiger partial charge in [0.15, 0.2) is 12.4 Å². The summed E-state index contributed by atoms with van der Waals surface area (Å²) in [6.07, 6.45) is 49.2. The number of unbranched alkanes of at least 4 members (excludes halogenated alkanes) is 34. The molecule has 1 heterocycles. The second kappa shape index (κ2) is 50.7. The first-order valence-corrected chi connectivity index (χ1v) is 30.8. The molecule has 0 spiro atoms. The molecule has 6 N–H and O–H groups in total. The Morgan fingerprint density at radius 1 is 0.534 bits per heavy atom. The van der Waals surface area contributed by atoms with Crippen molar-refractivity contribution in [1.29, 1.82) is 0 Å². The first-order valence-electron chi connectivity index (χ1n) is 30.8. The highest BCUT2D eigenvalue weighted by molar-refractivity contribution is 5.80. The molecule has 8 atom stereocenters. The Labute approximate surface area is 447 Å². The molecule has 11 heteroatoms. The van der Waals surface area contributed by atoms with Crippen molar-refractivity contribution in [2.75, 3.05) is 13.2 Å². The van der Waals surface area contributed by atoms with Crippen LogP contribution < -0.4 is 5.32 Å². The normalized spacial score (nSPS) is 19.6. The number of hydrogen-bond donors (Lipinski definition) is 6. The molecule has 1 amide bonds. The maximum absolute atomic E-state index is 13.4. The fourth-order valence-corrected chi connectivity index (χ4v) is 9.65. The van der Waals surface area contributed by atoms with E-state index in [0.29, 0.717) is 19.3 Å². The molecule has 73 heavy (non-hydrogen) atoms. The summed E-state index contributed by atoms with van der Waals surface area (Å²) in [5.41, 5.74) is 0. The highest BCUT2D eigenvalue weighted by Gasteiger charge is 2.47. The number of carbonyl (C=O) groups is 2. The third-order valence-electron chi connectivity index (χ3n) is 14.6. The van der Waals surface area contributed by atoms with E-state index in [1.54, 1.807) is 6.08 Å². The highest BCUT2D eigenvalue weighted by Crippen LogP contribution is 2.26. The Balaban J connectivity index is 2.71. The van der Waals surface area contributed by atoms with Crippen molar-refractivity contribution in [3.8, 4) is 0 Å². The van der Waals surface area contributed by atoms with Crippen LogP contribution in [0, 0.1) is 0 Å². The fraction of sp³-hybridized carbons (Fsp3) is 0.871. The van der Waals surface area contributed by atoms with Crippen molar-refractivity contribution in [2.24, 2.45) is 0 Å². The number of allylic oxidation sites excluding steroid dienone is 5. The van der Waals surface area contributed by atoms with Crippen LogP contribution in [0.2, 0.25) is 0 Å². The van der Waals surface area contributed by atoms with E-state index in [-0.39, 0.29) is 13.0 Å². The zero-order chi connectivity index (χ0) is 53.3. The van der Waals surface area contributed by atoms with E-state index in [4.69, 9.17) is 14.2 Å². The molecule has 8 unspecified atom stereocenters. The van der Waals surface area contributed by atoms with Crippen LogP contribution in [-0.2, 0) is 23.8 Å². The number of hydrogen-bond acceptors (Lipinski definition) is 10. The highest BCUT2D eigenvalue weighted by atomic mass is 16.7. The minimum atomic E-state index is -1.63. The first kappa shape index (κ1) is 68.9. The molecule has 0 saturated carbocycles. The third kappa shape index (κ3) is 39.0. The average molecular weight is 1030 g/mol. The molecule has 428 valence electrons. The zero-order valence-corrected chi connectivity index (χ0v) is 47.3. The Morgan fingerprint density at radius 3 is 1.40 bits per heavy atom. The summed E-state index contributed by atoms with van der Waals surface area (Å²) < 4.78 is 17.5. The molecule has 0 aromatic heterocycles. The van der Waals surface area contributed by atoms with Crippen LogP contribution in [-0.4, -0.2) is 99.6 Å². The summed E-state index contributed by atoms with van der Waals surface area (Å²) in [5.74, 6) is -1.26. The number of esters is 1. The van der Waals surface area contributed by atoms with Crippen molar-refractivity contribution >= 4 is 11.9 Å². The summed E-state index contributed by atoms with van der Waals surface area (Å²) in [4.78, 5) is 26.5. The molecule has 0 aromatic carbocycles. The van der Waals surface area contributed by atoms with Gasteiger partial charge in [0.2, 0.25) is 5.91 Å². The van der Waals surface area contributed by atoms with Crippen LogP contribution in [0.25, 0.3) is 0 Å². The van der Waals surface area contributed by atoms with Gasteiger partial charge in [0.1, 0.15) is 24.4 Å². The number of aliphatic hydroxyl groups is 5. The third-order valence-corrected chi connectivity index (χ3v) is 14.6. The molecule has 1 saturated heterocycles. The first-order chi connectivity index (χ1) is 35.7. The Bertz CT molecular complexity index is 1330. The van der Waals surface area contributed by atoms with Crippen molar-refractivity contribution in [3.05, 3.63) is 36.5 Å². The zero-order valence-electron chi connectivity index (χ0n) is 47.3. The van der Waals surface area contributed by atoms with E-state index >= 15 is 0 Å². The van der Waals surface area contributed by atoms with E-state index < -0.39 is 67.4 Å². The maximum atomic E-state index is 13.4. The lowest BCUT2D eigenvalue weighted by Crippen LogP contribution is -2.61. The van der Waals surface area contributed by atoms with E-state index in [0.717, 1.165) is 51.4 Å². The summed E-state index contributed by atoms with van der Waals surface area (Å²) in [5, 5.41) is 56.9. The molecular weight excluding hydrogens is 919 g/mol. The van der Waals surface area contributed by atoms with Crippen LogP contribution in [0.3, 0.4) is 0 Å². The van der Waals surface area contributed by atoms with Gasteiger partial charge in [-0.1, -0.05) is 269 Å². The van der Waals surface area contributed by atoms with E-state index in [1.807, 2.05) is 18.2 Å². The lowest BCUT2D eigenvalue weighted by atomic mass is 9.99. The van der Waals surface area contributed by atoms with Crippen LogP contribution in [0.4, 0.5) is 0 Å². The molecule has 1 rings (SSSR count). The number of rotatable bonds is 52. The van der Waals surface area contributed by atoms with Gasteiger partial charge in [-0.05, 0) is 44.9 Å². The van der Waals surface area contributed by atoms with Gasteiger partial charge in [0, 0.05) is 6.42 Å². The maximum Gasteiger partial charge on any atom is 0.306 e. The standard InChI is InChI=1S/C62H115NO10/c1-4-7-10-13-16-19-22-25-26-27-28-29-32-34-37-40-43-46-49-55(66)61(70)63-53(54(65)48-45-42-39-36-33-30-23-20-17-14-11-8-5-2)52-71-62-60(59(69)58(68)56(51-64)72-62)73-57(67)50-47-44-41-38-35-31-24-21-18-15-12-9-6-3/h31,35,41,44-45,48,53-56,58-60,62,64-66,68-69H,4-30,32-34,36-40,42-43,46-47,49-52H2,1-3H3,(H,63,70)/b35-31-,44-41+,48-45+. The van der Waals surface area contributed by atoms with E-state index in [2.05, 4.69) is 38.2 Å². The minimum Gasteiger partial charge on any atom is -0.454 e. The SMILES string of the molecule is CCCCCCCC/C=C\C/C=C/CCC(=O)OC1C(OCC(NC(=O)C(O)CCCCCCCCCCCCCCCCCCCC)C(O)/C=C/CCCCCCCCCCCCC)OC(CO)C(O)C1O. The summed E-state index contributed by atoms with van der Waals surface area (Å²) in [7, 11) is 0. The van der Waals surface area contributed by atoms with Crippen molar-refractivity contribution in [3.63, 3.8) is 0 Å². The lowest BCUT2D eigenvalue weighted by Gasteiger charge is -2.41. The summed E-state index contributed by atoms with van der Waals surface area (Å²) in [6.45, 7) is 5.77. The van der Waals surface area contributed by atoms with Gasteiger partial charge >= 0.3 is 5.97 Å². The molecule has 11 nitrogen and oxygen atoms in total. The average Bonchev–Trinajstić information content (AvgIpc) is 3.39. The van der Waals surface area contributed by atoms with E-state index in [1.165, 1.54) is 186 Å². The fourth-order valence-electron chi connectivity index (χ4n) is 9.65. The predicted molar refractivity (Wildman–Crippen MR) is 301 cm³/mol. The number of nitrogens with one attached hydrogen (secondary N) is 1. The molecule has 1 aliphatic rings. The molecule has 1 aliphatic heterocycles. The summed E-state index contributed by atoms with van der Waals surface area (Å²) >= 11 is 0. The largest absolute Gasteiger partial charge is 0.454 e. The topological polar surface area (TPSA) is 175 Å². The van der Waals surface area contributed by atoms with Crippen molar-refractivity contribution < 1.29 is 49.3 Å². The molecule has 0 bridgehead atoms. The number of aliphatic hydroxyl groups excluding tert-OH is 5. The van der Waals surface area contributed by atoms with Crippen molar-refractivity contribution in [1.82, 2.24) is 5.32 Å². The molecule has 1 fully saturated rings. The van der Waals surface area contributed by atoms with Gasteiger partial charge < -0.3 is 45.1 Å². The molecule has 0 aromatic rings. The number of amides is 1. The minimum absolute atomic E-state index is 0.0200. The monoisotopic (exact) mass is 1030 g/mol. The second-order valence-electron chi connectivity index (χ2n) is 21.4. The van der Waals surface area contributed by atoms with Gasteiger partial charge in [-0.2, -0.15) is 0 Å². The Kier molecular flexibility index (Phi) is 47.8. The molecule has 0 radical (unpaired) electrons. The predicted octanol–water partition coefficient (Wildman–Crippen LogP) is 14.3. The Hall–Kier alpha value is -2.12. The van der Waals surface area contributed by atoms with Gasteiger partial charge in [0.05, 0.1) is 25.4 Å². The lowest BCUT2D eigenvalue weighted by molar-refractivity contribution is -0.305. The number of carbonyl (C=O) groups excluding carboxylic acids is 2. The Morgan fingerprint density at radius 2 is 0.945 bits per heavy atom. The van der Waals surface area contributed by atoms with Crippen LogP contribution >= 0.6 is 0 Å². The van der Waals surface area contributed by atoms with Gasteiger partial charge in [0.25, 0.3) is 0 Å². The van der Waals surface area contributed by atoms with Crippen LogP contribution in [0.5, 0.6) is 0 Å². The van der Waals surface area contributed by atoms with Gasteiger partial charge in [-0.15, -0.1) is 0 Å². The van der Waals surface area contributed by atoms with Gasteiger partial charge in [-0.3, -0.25) is 9.59 Å². The second-order valence-corrected chi connectivity index (χ2v) is 21.4. The smallest absolute Gasteiger partial charge is 0.306 e. The van der Waals surface area contributed by atoms with Crippen LogP contribution in [0.15, 0.2) is 36.5 Å². The number of ether oxygens (including phenoxy) is 3. The van der Waals surface area contributed by atoms with E-state index in [9.17, 15) is 35.1 Å². The van der Waals surface area contributed by atoms with Gasteiger partial charge in [-0.25, -0.2) is 0 Å². The molecule has 0 aliphatic carbocycles. The van der Waals surface area contributed by atoms with Crippen LogP contribution in [0.1, 0.15) is 284 Å². The van der Waals surface area contributed by atoms with Crippen molar-refractivity contribution in [2.45, 2.75) is 333 Å². The quantitative estimate of drug-likeness (QED) is 0.0195.